The largest absolute Gasteiger partial charge is 0.383 e. The van der Waals surface area contributed by atoms with Gasteiger partial charge in [-0.05, 0) is 13.0 Å². The summed E-state index contributed by atoms with van der Waals surface area (Å²) in [6.45, 7) is 4.40. The monoisotopic (exact) mass is 252 g/mol. The number of methoxy groups -OCH3 is 1. The van der Waals surface area contributed by atoms with Crippen molar-refractivity contribution in [2.75, 3.05) is 25.6 Å². The molecule has 0 amide bonds. The molecule has 0 aromatic carbocycles. The Kier molecular flexibility index (Phi) is 4.11. The Bertz CT molecular complexity index is 465. The molecule has 0 radical (unpaired) electrons. The molecule has 2 heterocycles. The van der Waals surface area contributed by atoms with Crippen LogP contribution in [0.5, 0.6) is 0 Å². The summed E-state index contributed by atoms with van der Waals surface area (Å²) in [5.41, 5.74) is 1.12. The van der Waals surface area contributed by atoms with E-state index in [9.17, 15) is 0 Å². The highest BCUT2D eigenvalue weighted by molar-refractivity contribution is 7.18. The van der Waals surface area contributed by atoms with E-state index in [0.29, 0.717) is 6.61 Å². The maximum Gasteiger partial charge on any atom is 0.183 e. The third-order valence-electron chi connectivity index (χ3n) is 2.36. The first-order valence-corrected chi connectivity index (χ1v) is 6.37. The van der Waals surface area contributed by atoms with Crippen LogP contribution < -0.4 is 5.32 Å². The van der Waals surface area contributed by atoms with E-state index in [1.54, 1.807) is 18.4 Å². The van der Waals surface area contributed by atoms with Crippen molar-refractivity contribution in [1.82, 2.24) is 14.8 Å². The highest BCUT2D eigenvalue weighted by atomic mass is 32.1. The summed E-state index contributed by atoms with van der Waals surface area (Å²) in [6.07, 6.45) is 3.69. The number of hydrogen-bond acceptors (Lipinski definition) is 5. The summed E-state index contributed by atoms with van der Waals surface area (Å²) in [4.78, 5) is 5.46. The molecule has 0 unspecified atom stereocenters. The predicted molar refractivity (Wildman–Crippen MR) is 69.4 cm³/mol. The second kappa shape index (κ2) is 5.79. The molecule has 0 spiro atoms. The van der Waals surface area contributed by atoms with Gasteiger partial charge in [-0.2, -0.15) is 5.10 Å². The number of anilines is 1. The third-order valence-corrected chi connectivity index (χ3v) is 3.33. The molecule has 6 heteroatoms. The first-order valence-electron chi connectivity index (χ1n) is 5.56. The van der Waals surface area contributed by atoms with E-state index in [4.69, 9.17) is 4.74 Å². The summed E-state index contributed by atoms with van der Waals surface area (Å²) in [7, 11) is 1.69. The molecule has 2 aromatic heterocycles. The van der Waals surface area contributed by atoms with Crippen molar-refractivity contribution in [1.29, 1.82) is 0 Å². The van der Waals surface area contributed by atoms with Gasteiger partial charge in [-0.1, -0.05) is 11.3 Å². The minimum Gasteiger partial charge on any atom is -0.383 e. The van der Waals surface area contributed by atoms with Crippen molar-refractivity contribution < 1.29 is 4.74 Å². The van der Waals surface area contributed by atoms with Crippen molar-refractivity contribution >= 4 is 16.5 Å². The lowest BCUT2D eigenvalue weighted by Gasteiger charge is -2.01. The van der Waals surface area contributed by atoms with Gasteiger partial charge in [0.1, 0.15) is 0 Å². The Labute approximate surface area is 104 Å². The molecule has 0 bridgehead atoms. The Morgan fingerprint density at radius 3 is 3.18 bits per heavy atom. The summed E-state index contributed by atoms with van der Waals surface area (Å²) >= 11 is 1.63. The fourth-order valence-corrected chi connectivity index (χ4v) is 2.40. The Morgan fingerprint density at radius 1 is 1.53 bits per heavy atom. The lowest BCUT2D eigenvalue weighted by Crippen LogP contribution is -2.06. The third kappa shape index (κ3) is 2.83. The molecule has 92 valence electrons. The maximum absolute atomic E-state index is 4.98. The van der Waals surface area contributed by atoms with Crippen molar-refractivity contribution in [3.63, 3.8) is 0 Å². The van der Waals surface area contributed by atoms with Gasteiger partial charge in [-0.25, -0.2) is 4.98 Å². The molecule has 2 rings (SSSR count). The first kappa shape index (κ1) is 12.1. The van der Waals surface area contributed by atoms with Gasteiger partial charge in [-0.3, -0.25) is 4.68 Å². The van der Waals surface area contributed by atoms with Crippen molar-refractivity contribution in [2.45, 2.75) is 13.5 Å². The lowest BCUT2D eigenvalue weighted by atomic mass is 10.4. The number of ether oxygens (including phenoxy) is 1. The van der Waals surface area contributed by atoms with Crippen LogP contribution in [-0.4, -0.2) is 35.0 Å². The number of nitrogens with one attached hydrogen (secondary N) is 1. The zero-order valence-electron chi connectivity index (χ0n) is 10.0. The summed E-state index contributed by atoms with van der Waals surface area (Å²) < 4.78 is 6.94. The predicted octanol–water partition coefficient (Wildman–Crippen LogP) is 2.08. The molecule has 0 saturated carbocycles. The average Bonchev–Trinajstić information content (AvgIpc) is 2.96. The quantitative estimate of drug-likeness (QED) is 0.800. The molecule has 0 aliphatic carbocycles. The van der Waals surface area contributed by atoms with E-state index < -0.39 is 0 Å². The van der Waals surface area contributed by atoms with Crippen molar-refractivity contribution in [2.24, 2.45) is 0 Å². The van der Waals surface area contributed by atoms with Crippen molar-refractivity contribution in [3.8, 4) is 10.6 Å². The number of thiazole rings is 1. The standard InChI is InChI=1S/C11H16N4OS/c1-3-15-9(4-5-14-15)10-8-13-11(17-10)12-6-7-16-2/h4-5,8H,3,6-7H2,1-2H3,(H,12,13). The van der Waals surface area contributed by atoms with Gasteiger partial charge in [0.25, 0.3) is 0 Å². The van der Waals surface area contributed by atoms with Crippen LogP contribution in [0.15, 0.2) is 18.5 Å². The minimum absolute atomic E-state index is 0.682. The fraction of sp³-hybridized carbons (Fsp3) is 0.455. The van der Waals surface area contributed by atoms with Gasteiger partial charge >= 0.3 is 0 Å². The minimum atomic E-state index is 0.682. The van der Waals surface area contributed by atoms with Crippen LogP contribution in [0.25, 0.3) is 10.6 Å². The zero-order valence-corrected chi connectivity index (χ0v) is 10.8. The summed E-state index contributed by atoms with van der Waals surface area (Å²) in [6, 6.07) is 2.01. The van der Waals surface area contributed by atoms with Gasteiger partial charge in [0.2, 0.25) is 0 Å². The SMILES string of the molecule is CCn1nccc1-c1cnc(NCCOC)s1. The van der Waals surface area contributed by atoms with Gasteiger partial charge in [-0.15, -0.1) is 0 Å². The van der Waals surface area contributed by atoms with Gasteiger partial charge < -0.3 is 10.1 Å². The lowest BCUT2D eigenvalue weighted by molar-refractivity contribution is 0.211. The molecule has 0 fully saturated rings. The number of nitrogens with zero attached hydrogens (tertiary/aromatic N) is 3. The summed E-state index contributed by atoms with van der Waals surface area (Å²) in [5.74, 6) is 0. The highest BCUT2D eigenvalue weighted by Gasteiger charge is 2.08. The Balaban J connectivity index is 2.07. The van der Waals surface area contributed by atoms with E-state index in [0.717, 1.165) is 28.8 Å². The number of aromatic nitrogens is 3. The number of rotatable bonds is 6. The molecule has 0 saturated heterocycles. The molecule has 5 nitrogen and oxygen atoms in total. The highest BCUT2D eigenvalue weighted by Crippen LogP contribution is 2.28. The smallest absolute Gasteiger partial charge is 0.183 e. The second-order valence-electron chi connectivity index (χ2n) is 3.48. The van der Waals surface area contributed by atoms with E-state index >= 15 is 0 Å². The average molecular weight is 252 g/mol. The molecule has 0 aliphatic rings. The molecule has 17 heavy (non-hydrogen) atoms. The van der Waals surface area contributed by atoms with E-state index in [2.05, 4.69) is 22.3 Å². The molecule has 1 N–H and O–H groups in total. The topological polar surface area (TPSA) is 52.0 Å². The molecule has 0 atom stereocenters. The van der Waals surface area contributed by atoms with Crippen LogP contribution in [0.2, 0.25) is 0 Å². The van der Waals surface area contributed by atoms with Crippen LogP contribution in [0.3, 0.4) is 0 Å². The molecule has 0 aliphatic heterocycles. The normalized spacial score (nSPS) is 10.7. The van der Waals surface area contributed by atoms with Gasteiger partial charge in [0.05, 0.1) is 17.2 Å². The molecule has 2 aromatic rings. The van der Waals surface area contributed by atoms with E-state index in [1.807, 2.05) is 23.1 Å². The van der Waals surface area contributed by atoms with Crippen LogP contribution in [0.1, 0.15) is 6.92 Å². The Hall–Kier alpha value is -1.40. The van der Waals surface area contributed by atoms with Crippen LogP contribution >= 0.6 is 11.3 Å². The Morgan fingerprint density at radius 2 is 2.41 bits per heavy atom. The molecular weight excluding hydrogens is 236 g/mol. The maximum atomic E-state index is 4.98. The van der Waals surface area contributed by atoms with Crippen LogP contribution in [0, 0.1) is 0 Å². The number of aryl methyl sites for hydroxylation is 1. The van der Waals surface area contributed by atoms with Gasteiger partial charge in [0.15, 0.2) is 5.13 Å². The zero-order chi connectivity index (χ0) is 12.1. The summed E-state index contributed by atoms with van der Waals surface area (Å²) in [5, 5.41) is 8.39. The van der Waals surface area contributed by atoms with E-state index in [1.165, 1.54) is 0 Å². The molecular formula is C11H16N4OS. The van der Waals surface area contributed by atoms with Crippen LogP contribution in [-0.2, 0) is 11.3 Å². The van der Waals surface area contributed by atoms with Crippen molar-refractivity contribution in [3.05, 3.63) is 18.5 Å². The van der Waals surface area contributed by atoms with Crippen LogP contribution in [0.4, 0.5) is 5.13 Å². The van der Waals surface area contributed by atoms with Gasteiger partial charge in [0, 0.05) is 32.6 Å². The fourth-order valence-electron chi connectivity index (χ4n) is 1.53. The first-order chi connectivity index (χ1) is 8.35. The van der Waals surface area contributed by atoms with E-state index in [-0.39, 0.29) is 0 Å². The number of hydrogen-bond donors (Lipinski definition) is 1. The second-order valence-corrected chi connectivity index (χ2v) is 4.51.